The van der Waals surface area contributed by atoms with Gasteiger partial charge >= 0.3 is 0 Å². The number of nitrogens with zero attached hydrogens (tertiary/aromatic N) is 2. The van der Waals surface area contributed by atoms with Gasteiger partial charge in [-0.05, 0) is 37.6 Å². The molecule has 0 N–H and O–H groups in total. The summed E-state index contributed by atoms with van der Waals surface area (Å²) >= 11 is 7.79. The number of aromatic nitrogens is 2. The van der Waals surface area contributed by atoms with Crippen molar-refractivity contribution in [1.29, 1.82) is 0 Å². The third kappa shape index (κ3) is 4.34. The lowest BCUT2D eigenvalue weighted by Gasteiger charge is -2.07. The highest BCUT2D eigenvalue weighted by Gasteiger charge is 2.07. The maximum atomic E-state index is 6.07. The fraction of sp³-hybridized carbons (Fsp3) is 0.158. The Bertz CT molecular complexity index is 833. The lowest BCUT2D eigenvalue weighted by Crippen LogP contribution is -1.94. The average molecular weight is 341 g/mol. The van der Waals surface area contributed by atoms with Gasteiger partial charge in [-0.15, -0.1) is 11.8 Å². The summed E-state index contributed by atoms with van der Waals surface area (Å²) in [6.45, 7) is 4.10. The largest absolute Gasteiger partial charge is 0.233 e. The van der Waals surface area contributed by atoms with Gasteiger partial charge in [-0.25, -0.2) is 9.97 Å². The molecule has 2 nitrogen and oxygen atoms in total. The smallest absolute Gasteiger partial charge is 0.160 e. The minimum Gasteiger partial charge on any atom is -0.233 e. The van der Waals surface area contributed by atoms with Crippen molar-refractivity contribution in [1.82, 2.24) is 9.97 Å². The molecule has 3 rings (SSSR count). The molecule has 4 heteroatoms. The van der Waals surface area contributed by atoms with E-state index in [1.54, 1.807) is 11.8 Å². The maximum Gasteiger partial charge on any atom is 0.160 e. The second-order valence-electron chi connectivity index (χ2n) is 5.46. The van der Waals surface area contributed by atoms with Crippen molar-refractivity contribution in [2.75, 3.05) is 0 Å². The quantitative estimate of drug-likeness (QED) is 0.449. The molecule has 116 valence electrons. The summed E-state index contributed by atoms with van der Waals surface area (Å²) in [7, 11) is 0. The summed E-state index contributed by atoms with van der Waals surface area (Å²) in [5, 5.41) is 1.68. The van der Waals surface area contributed by atoms with Crippen LogP contribution in [0.3, 0.4) is 0 Å². The number of halogens is 1. The van der Waals surface area contributed by atoms with Gasteiger partial charge in [0.25, 0.3) is 0 Å². The Morgan fingerprint density at radius 3 is 2.57 bits per heavy atom. The Hall–Kier alpha value is -1.84. The lowest BCUT2D eigenvalue weighted by molar-refractivity contribution is 1.02. The van der Waals surface area contributed by atoms with Crippen LogP contribution in [0.4, 0.5) is 0 Å². The second-order valence-corrected chi connectivity index (χ2v) is 6.89. The molecule has 0 aliphatic carbocycles. The number of hydrogen-bond donors (Lipinski definition) is 0. The zero-order valence-corrected chi connectivity index (χ0v) is 14.7. The molecular formula is C19H17ClN2S. The van der Waals surface area contributed by atoms with Gasteiger partial charge < -0.3 is 0 Å². The van der Waals surface area contributed by atoms with Gasteiger partial charge in [-0.1, -0.05) is 53.6 Å². The number of rotatable bonds is 4. The van der Waals surface area contributed by atoms with E-state index >= 15 is 0 Å². The third-order valence-electron chi connectivity index (χ3n) is 3.38. The molecule has 2 aromatic carbocycles. The van der Waals surface area contributed by atoms with Crippen molar-refractivity contribution in [3.8, 4) is 11.4 Å². The molecule has 1 heterocycles. The summed E-state index contributed by atoms with van der Waals surface area (Å²) in [6.07, 6.45) is 0. The summed E-state index contributed by atoms with van der Waals surface area (Å²) in [5.74, 6) is 1.62. The highest BCUT2D eigenvalue weighted by molar-refractivity contribution is 7.98. The van der Waals surface area contributed by atoms with Crippen LogP contribution >= 0.6 is 23.4 Å². The Balaban J connectivity index is 1.83. The predicted octanol–water partition coefficient (Wildman–Crippen LogP) is 5.71. The zero-order chi connectivity index (χ0) is 16.2. The highest BCUT2D eigenvalue weighted by Crippen LogP contribution is 2.26. The lowest BCUT2D eigenvalue weighted by atomic mass is 10.2. The molecule has 0 saturated carbocycles. The first-order valence-corrected chi connectivity index (χ1v) is 8.76. The van der Waals surface area contributed by atoms with Crippen molar-refractivity contribution < 1.29 is 0 Å². The van der Waals surface area contributed by atoms with Crippen LogP contribution < -0.4 is 0 Å². The fourth-order valence-corrected chi connectivity index (χ4v) is 3.42. The molecule has 1 aromatic heterocycles. The highest BCUT2D eigenvalue weighted by atomic mass is 35.5. The van der Waals surface area contributed by atoms with Gasteiger partial charge in [0.1, 0.15) is 5.03 Å². The van der Waals surface area contributed by atoms with Gasteiger partial charge in [-0.3, -0.25) is 0 Å². The molecule has 3 aromatic rings. The van der Waals surface area contributed by atoms with E-state index in [0.29, 0.717) is 5.02 Å². The van der Waals surface area contributed by atoms with Crippen LogP contribution in [0.1, 0.15) is 16.8 Å². The molecule has 0 saturated heterocycles. The topological polar surface area (TPSA) is 25.8 Å². The molecule has 0 atom stereocenters. The molecule has 0 radical (unpaired) electrons. The zero-order valence-electron chi connectivity index (χ0n) is 13.1. The van der Waals surface area contributed by atoms with Crippen LogP contribution in [0.2, 0.25) is 5.02 Å². The van der Waals surface area contributed by atoms with Gasteiger partial charge in [-0.2, -0.15) is 0 Å². The molecule has 0 unspecified atom stereocenters. The average Bonchev–Trinajstić information content (AvgIpc) is 2.52. The molecule has 0 amide bonds. The van der Waals surface area contributed by atoms with E-state index in [0.717, 1.165) is 27.9 Å². The normalized spacial score (nSPS) is 10.7. The SMILES string of the molecule is Cc1cccc(CSc2cc(C)nc(-c3cccc(Cl)c3)n2)c1. The Morgan fingerprint density at radius 2 is 1.78 bits per heavy atom. The van der Waals surface area contributed by atoms with Gasteiger partial charge in [0.2, 0.25) is 0 Å². The third-order valence-corrected chi connectivity index (χ3v) is 4.60. The Labute approximate surface area is 146 Å². The number of thioether (sulfide) groups is 1. The molecule has 0 bridgehead atoms. The van der Waals surface area contributed by atoms with E-state index < -0.39 is 0 Å². The minimum absolute atomic E-state index is 0.696. The van der Waals surface area contributed by atoms with E-state index in [1.807, 2.05) is 37.3 Å². The standard InChI is InChI=1S/C19H17ClN2S/c1-13-5-3-6-15(9-13)12-23-18-10-14(2)21-19(22-18)16-7-4-8-17(20)11-16/h3-11H,12H2,1-2H3. The summed E-state index contributed by atoms with van der Waals surface area (Å²) in [4.78, 5) is 9.21. The van der Waals surface area contributed by atoms with Crippen molar-refractivity contribution in [2.24, 2.45) is 0 Å². The van der Waals surface area contributed by atoms with Crippen LogP contribution in [0.25, 0.3) is 11.4 Å². The second kappa shape index (κ2) is 7.16. The van der Waals surface area contributed by atoms with Crippen LogP contribution in [-0.4, -0.2) is 9.97 Å². The first kappa shape index (κ1) is 16.0. The van der Waals surface area contributed by atoms with Crippen LogP contribution in [0.5, 0.6) is 0 Å². The fourth-order valence-electron chi connectivity index (χ4n) is 2.33. The molecule has 0 spiro atoms. The van der Waals surface area contributed by atoms with Crippen LogP contribution in [-0.2, 0) is 5.75 Å². The maximum absolute atomic E-state index is 6.07. The van der Waals surface area contributed by atoms with Gasteiger partial charge in [0.05, 0.1) is 0 Å². The van der Waals surface area contributed by atoms with Crippen molar-refractivity contribution >= 4 is 23.4 Å². The Kier molecular flexibility index (Phi) is 4.99. The number of hydrogen-bond acceptors (Lipinski definition) is 3. The first-order chi connectivity index (χ1) is 11.1. The van der Waals surface area contributed by atoms with Crippen LogP contribution in [0.15, 0.2) is 59.6 Å². The number of aryl methyl sites for hydroxylation is 2. The van der Waals surface area contributed by atoms with Crippen molar-refractivity contribution in [2.45, 2.75) is 24.6 Å². The van der Waals surface area contributed by atoms with Gasteiger partial charge in [0.15, 0.2) is 5.82 Å². The molecule has 0 aliphatic rings. The molecule has 0 aliphatic heterocycles. The van der Waals surface area contributed by atoms with E-state index in [2.05, 4.69) is 41.2 Å². The summed E-state index contributed by atoms with van der Waals surface area (Å²) < 4.78 is 0. The molecule has 23 heavy (non-hydrogen) atoms. The molecule has 0 fully saturated rings. The Morgan fingerprint density at radius 1 is 0.957 bits per heavy atom. The summed E-state index contributed by atoms with van der Waals surface area (Å²) in [6, 6.07) is 18.2. The van der Waals surface area contributed by atoms with E-state index in [9.17, 15) is 0 Å². The molecular weight excluding hydrogens is 324 g/mol. The van der Waals surface area contributed by atoms with Crippen molar-refractivity contribution in [3.63, 3.8) is 0 Å². The van der Waals surface area contributed by atoms with Crippen molar-refractivity contribution in [3.05, 3.63) is 76.4 Å². The van der Waals surface area contributed by atoms with Gasteiger partial charge in [0, 0.05) is 22.0 Å². The first-order valence-electron chi connectivity index (χ1n) is 7.40. The van der Waals surface area contributed by atoms with E-state index in [-0.39, 0.29) is 0 Å². The minimum atomic E-state index is 0.696. The predicted molar refractivity (Wildman–Crippen MR) is 98.0 cm³/mol. The van der Waals surface area contributed by atoms with E-state index in [1.165, 1.54) is 11.1 Å². The number of benzene rings is 2. The summed E-state index contributed by atoms with van der Waals surface area (Å²) in [5.41, 5.74) is 4.48. The van der Waals surface area contributed by atoms with Crippen LogP contribution in [0, 0.1) is 13.8 Å². The monoisotopic (exact) mass is 340 g/mol. The van der Waals surface area contributed by atoms with E-state index in [4.69, 9.17) is 11.6 Å².